The first-order valence-corrected chi connectivity index (χ1v) is 7.94. The maximum absolute atomic E-state index is 13.8. The van der Waals surface area contributed by atoms with E-state index in [0.717, 1.165) is 25.0 Å². The Morgan fingerprint density at radius 1 is 0.952 bits per heavy atom. The highest BCUT2D eigenvalue weighted by Crippen LogP contribution is 2.21. The monoisotopic (exact) mass is 286 g/mol. The Kier molecular flexibility index (Phi) is 4.84. The minimum absolute atomic E-state index is 0.136. The number of rotatable bonds is 5. The lowest BCUT2D eigenvalue weighted by Gasteiger charge is -2.26. The first-order valence-electron chi connectivity index (χ1n) is 7.94. The van der Waals surface area contributed by atoms with Crippen molar-refractivity contribution in [3.8, 4) is 0 Å². The van der Waals surface area contributed by atoms with Crippen LogP contribution in [0.25, 0.3) is 10.8 Å². The summed E-state index contributed by atoms with van der Waals surface area (Å²) >= 11 is 0. The summed E-state index contributed by atoms with van der Waals surface area (Å²) in [7, 11) is 0. The van der Waals surface area contributed by atoms with Crippen LogP contribution in [0.15, 0.2) is 36.4 Å². The van der Waals surface area contributed by atoms with Crippen LogP contribution in [0.4, 0.5) is 4.39 Å². The Bertz CT molecular complexity index is 591. The van der Waals surface area contributed by atoms with Gasteiger partial charge in [-0.3, -0.25) is 0 Å². The van der Waals surface area contributed by atoms with Gasteiger partial charge in [0.1, 0.15) is 5.82 Å². The molecule has 1 aliphatic heterocycles. The molecule has 0 atom stereocenters. The molecule has 3 rings (SSSR count). The third-order valence-electron chi connectivity index (χ3n) is 4.33. The van der Waals surface area contributed by atoms with Crippen LogP contribution >= 0.6 is 0 Å². The number of likely N-dealkylation sites (tertiary alicyclic amines) is 1. The van der Waals surface area contributed by atoms with Gasteiger partial charge in [0, 0.05) is 25.0 Å². The molecule has 0 unspecified atom stereocenters. The van der Waals surface area contributed by atoms with Crippen LogP contribution in [0.5, 0.6) is 0 Å². The fraction of sp³-hybridized carbons (Fsp3) is 0.444. The number of piperidine rings is 1. The van der Waals surface area contributed by atoms with Gasteiger partial charge >= 0.3 is 0 Å². The van der Waals surface area contributed by atoms with Crippen molar-refractivity contribution < 1.29 is 4.39 Å². The predicted molar refractivity (Wildman–Crippen MR) is 85.9 cm³/mol. The van der Waals surface area contributed by atoms with E-state index in [1.807, 2.05) is 30.3 Å². The molecule has 0 saturated carbocycles. The number of fused-ring (bicyclic) bond motifs is 1. The van der Waals surface area contributed by atoms with E-state index in [1.54, 1.807) is 6.07 Å². The average molecular weight is 286 g/mol. The molecule has 2 aromatic rings. The van der Waals surface area contributed by atoms with Gasteiger partial charge in [-0.15, -0.1) is 0 Å². The zero-order chi connectivity index (χ0) is 14.5. The van der Waals surface area contributed by atoms with Crippen molar-refractivity contribution >= 4 is 10.8 Å². The van der Waals surface area contributed by atoms with E-state index in [2.05, 4.69) is 10.2 Å². The number of nitrogens with zero attached hydrogens (tertiary/aromatic N) is 1. The predicted octanol–water partition coefficient (Wildman–Crippen LogP) is 3.55. The Hall–Kier alpha value is -1.45. The van der Waals surface area contributed by atoms with Crippen molar-refractivity contribution in [1.29, 1.82) is 0 Å². The summed E-state index contributed by atoms with van der Waals surface area (Å²) < 4.78 is 13.8. The Morgan fingerprint density at radius 2 is 1.71 bits per heavy atom. The standard InChI is InChI=1S/C18H23FN2/c19-18-9-8-15(16-6-2-3-7-17(16)18)14-20-10-13-21-11-4-1-5-12-21/h2-3,6-9,20H,1,4-5,10-14H2. The fourth-order valence-electron chi connectivity index (χ4n) is 3.12. The van der Waals surface area contributed by atoms with Gasteiger partial charge in [-0.25, -0.2) is 4.39 Å². The molecular formula is C18H23FN2. The van der Waals surface area contributed by atoms with Crippen LogP contribution in [0, 0.1) is 5.82 Å². The molecular weight excluding hydrogens is 263 g/mol. The second-order valence-electron chi connectivity index (χ2n) is 5.83. The molecule has 2 aromatic carbocycles. The molecule has 1 N–H and O–H groups in total. The molecule has 0 radical (unpaired) electrons. The smallest absolute Gasteiger partial charge is 0.131 e. The van der Waals surface area contributed by atoms with E-state index < -0.39 is 0 Å². The van der Waals surface area contributed by atoms with Crippen molar-refractivity contribution in [1.82, 2.24) is 10.2 Å². The van der Waals surface area contributed by atoms with Crippen molar-refractivity contribution in [3.63, 3.8) is 0 Å². The number of hydrogen-bond acceptors (Lipinski definition) is 2. The van der Waals surface area contributed by atoms with Gasteiger partial charge in [-0.2, -0.15) is 0 Å². The summed E-state index contributed by atoms with van der Waals surface area (Å²) in [6.07, 6.45) is 4.05. The van der Waals surface area contributed by atoms with E-state index in [-0.39, 0.29) is 5.82 Å². The van der Waals surface area contributed by atoms with Crippen LogP contribution in [-0.4, -0.2) is 31.1 Å². The summed E-state index contributed by atoms with van der Waals surface area (Å²) in [6, 6.07) is 11.2. The number of hydrogen-bond donors (Lipinski definition) is 1. The summed E-state index contributed by atoms with van der Waals surface area (Å²) in [5, 5.41) is 5.23. The van der Waals surface area contributed by atoms with E-state index >= 15 is 0 Å². The van der Waals surface area contributed by atoms with E-state index in [9.17, 15) is 4.39 Å². The molecule has 112 valence electrons. The third-order valence-corrected chi connectivity index (χ3v) is 4.33. The van der Waals surface area contributed by atoms with Crippen LogP contribution in [0.2, 0.25) is 0 Å². The van der Waals surface area contributed by atoms with Gasteiger partial charge in [0.05, 0.1) is 0 Å². The highest BCUT2D eigenvalue weighted by Gasteiger charge is 2.09. The van der Waals surface area contributed by atoms with Crippen LogP contribution in [0.1, 0.15) is 24.8 Å². The highest BCUT2D eigenvalue weighted by atomic mass is 19.1. The van der Waals surface area contributed by atoms with Crippen LogP contribution in [-0.2, 0) is 6.54 Å². The molecule has 0 aliphatic carbocycles. The number of halogens is 1. The molecule has 1 aliphatic rings. The molecule has 1 heterocycles. The van der Waals surface area contributed by atoms with E-state index in [1.165, 1.54) is 37.9 Å². The normalized spacial score (nSPS) is 16.4. The van der Waals surface area contributed by atoms with Crippen molar-refractivity contribution in [2.24, 2.45) is 0 Å². The van der Waals surface area contributed by atoms with Gasteiger partial charge in [0.25, 0.3) is 0 Å². The number of nitrogens with one attached hydrogen (secondary N) is 1. The molecule has 0 amide bonds. The van der Waals surface area contributed by atoms with Crippen molar-refractivity contribution in [2.75, 3.05) is 26.2 Å². The average Bonchev–Trinajstić information content (AvgIpc) is 2.55. The summed E-state index contributed by atoms with van der Waals surface area (Å²) in [5.41, 5.74) is 1.17. The first-order chi connectivity index (χ1) is 10.3. The quantitative estimate of drug-likeness (QED) is 0.846. The maximum Gasteiger partial charge on any atom is 0.131 e. The molecule has 21 heavy (non-hydrogen) atoms. The molecule has 3 heteroatoms. The minimum atomic E-state index is -0.136. The SMILES string of the molecule is Fc1ccc(CNCCN2CCCCC2)c2ccccc12. The van der Waals surface area contributed by atoms with Gasteiger partial charge in [0.15, 0.2) is 0 Å². The largest absolute Gasteiger partial charge is 0.311 e. The fourth-order valence-corrected chi connectivity index (χ4v) is 3.12. The highest BCUT2D eigenvalue weighted by molar-refractivity contribution is 5.86. The molecule has 1 saturated heterocycles. The van der Waals surface area contributed by atoms with Gasteiger partial charge in [-0.05, 0) is 42.9 Å². The summed E-state index contributed by atoms with van der Waals surface area (Å²) in [6.45, 7) is 5.38. The zero-order valence-electron chi connectivity index (χ0n) is 12.4. The maximum atomic E-state index is 13.8. The van der Waals surface area contributed by atoms with E-state index in [0.29, 0.717) is 5.39 Å². The Balaban J connectivity index is 1.57. The lowest BCUT2D eigenvalue weighted by Crippen LogP contribution is -2.35. The molecule has 0 bridgehead atoms. The van der Waals surface area contributed by atoms with Gasteiger partial charge in [0.2, 0.25) is 0 Å². The Morgan fingerprint density at radius 3 is 2.52 bits per heavy atom. The van der Waals surface area contributed by atoms with Crippen LogP contribution in [0.3, 0.4) is 0 Å². The molecule has 2 nitrogen and oxygen atoms in total. The van der Waals surface area contributed by atoms with Gasteiger partial charge < -0.3 is 10.2 Å². The molecule has 1 fully saturated rings. The minimum Gasteiger partial charge on any atom is -0.311 e. The topological polar surface area (TPSA) is 15.3 Å². The lowest BCUT2D eigenvalue weighted by atomic mass is 10.0. The Labute approximate surface area is 126 Å². The second-order valence-corrected chi connectivity index (χ2v) is 5.83. The van der Waals surface area contributed by atoms with Crippen molar-refractivity contribution in [3.05, 3.63) is 47.8 Å². The second kappa shape index (κ2) is 7.01. The third kappa shape index (κ3) is 3.60. The van der Waals surface area contributed by atoms with E-state index in [4.69, 9.17) is 0 Å². The summed E-state index contributed by atoms with van der Waals surface area (Å²) in [5.74, 6) is -0.136. The zero-order valence-corrected chi connectivity index (χ0v) is 12.4. The summed E-state index contributed by atoms with van der Waals surface area (Å²) in [4.78, 5) is 2.53. The first kappa shape index (κ1) is 14.5. The lowest BCUT2D eigenvalue weighted by molar-refractivity contribution is 0.229. The van der Waals surface area contributed by atoms with Crippen molar-refractivity contribution in [2.45, 2.75) is 25.8 Å². The van der Waals surface area contributed by atoms with Gasteiger partial charge in [-0.1, -0.05) is 36.8 Å². The molecule has 0 aromatic heterocycles. The van der Waals surface area contributed by atoms with Crippen LogP contribution < -0.4 is 5.32 Å². The molecule has 0 spiro atoms. The number of benzene rings is 2.